The molecule has 1 rings (SSSR count). The van der Waals surface area contributed by atoms with Gasteiger partial charge in [0, 0.05) is 12.8 Å². The Morgan fingerprint density at radius 3 is 3.09 bits per heavy atom. The monoisotopic (exact) mass is 152 g/mol. The molecule has 11 heavy (non-hydrogen) atoms. The van der Waals surface area contributed by atoms with Crippen molar-refractivity contribution in [3.8, 4) is 0 Å². The molecule has 1 aliphatic rings. The van der Waals surface area contributed by atoms with Crippen molar-refractivity contribution in [3.63, 3.8) is 0 Å². The van der Waals surface area contributed by atoms with Crippen LogP contribution in [0.1, 0.15) is 32.6 Å². The molecule has 0 N–H and O–H groups in total. The molecule has 0 aromatic carbocycles. The fourth-order valence-corrected chi connectivity index (χ4v) is 1.13. The van der Waals surface area contributed by atoms with E-state index in [1.54, 1.807) is 0 Å². The second-order valence-corrected chi connectivity index (χ2v) is 3.12. The Hall–Kier alpha value is -0.720. The molecule has 0 amide bonds. The van der Waals surface area contributed by atoms with Crippen LogP contribution in [0.25, 0.3) is 0 Å². The number of rotatable bonds is 4. The second-order valence-electron chi connectivity index (χ2n) is 3.12. The first-order valence-corrected chi connectivity index (χ1v) is 4.25. The third kappa shape index (κ3) is 3.26. The highest BCUT2D eigenvalue weighted by molar-refractivity contribution is 4.99. The van der Waals surface area contributed by atoms with Crippen molar-refractivity contribution in [2.24, 2.45) is 0 Å². The van der Waals surface area contributed by atoms with Crippen LogP contribution in [-0.2, 0) is 4.74 Å². The Morgan fingerprint density at radius 1 is 1.73 bits per heavy atom. The highest BCUT2D eigenvalue weighted by Crippen LogP contribution is 2.18. The lowest BCUT2D eigenvalue weighted by Gasteiger charge is -2.05. The average Bonchev–Trinajstić information content (AvgIpc) is 2.39. The van der Waals surface area contributed by atoms with Gasteiger partial charge in [-0.05, 0) is 25.8 Å². The van der Waals surface area contributed by atoms with Gasteiger partial charge >= 0.3 is 0 Å². The van der Waals surface area contributed by atoms with Crippen molar-refractivity contribution in [1.29, 1.82) is 0 Å². The molecule has 0 radical (unpaired) electrons. The van der Waals surface area contributed by atoms with E-state index in [1.807, 2.05) is 6.92 Å². The molecule has 62 valence electrons. The lowest BCUT2D eigenvalue weighted by molar-refractivity contribution is 0.209. The zero-order valence-corrected chi connectivity index (χ0v) is 7.23. The molecule has 0 aromatic heterocycles. The normalized spacial score (nSPS) is 16.3. The predicted molar refractivity (Wildman–Crippen MR) is 47.3 cm³/mol. The summed E-state index contributed by atoms with van der Waals surface area (Å²) in [5, 5.41) is 0. The van der Waals surface area contributed by atoms with Crippen LogP contribution < -0.4 is 0 Å². The van der Waals surface area contributed by atoms with Crippen molar-refractivity contribution < 1.29 is 4.74 Å². The van der Waals surface area contributed by atoms with Crippen LogP contribution in [0.5, 0.6) is 0 Å². The van der Waals surface area contributed by atoms with Gasteiger partial charge < -0.3 is 4.74 Å². The van der Waals surface area contributed by atoms with Gasteiger partial charge in [0.2, 0.25) is 0 Å². The highest BCUT2D eigenvalue weighted by atomic mass is 16.5. The van der Waals surface area contributed by atoms with Crippen LogP contribution in [0.3, 0.4) is 0 Å². The Morgan fingerprint density at radius 2 is 2.55 bits per heavy atom. The third-order valence-electron chi connectivity index (χ3n) is 1.82. The molecule has 1 aliphatic carbocycles. The van der Waals surface area contributed by atoms with E-state index in [1.165, 1.54) is 24.2 Å². The van der Waals surface area contributed by atoms with E-state index in [0.29, 0.717) is 0 Å². The minimum atomic E-state index is 0.807. The van der Waals surface area contributed by atoms with E-state index in [0.717, 1.165) is 19.4 Å². The van der Waals surface area contributed by atoms with Crippen molar-refractivity contribution >= 4 is 0 Å². The van der Waals surface area contributed by atoms with Crippen molar-refractivity contribution in [1.82, 2.24) is 0 Å². The molecule has 0 aliphatic heterocycles. The van der Waals surface area contributed by atoms with E-state index in [-0.39, 0.29) is 0 Å². The molecule has 0 atom stereocenters. The fraction of sp³-hybridized carbons (Fsp3) is 0.600. The molecule has 0 heterocycles. The topological polar surface area (TPSA) is 9.23 Å². The van der Waals surface area contributed by atoms with Crippen LogP contribution >= 0.6 is 0 Å². The lowest BCUT2D eigenvalue weighted by Crippen LogP contribution is -1.92. The van der Waals surface area contributed by atoms with Crippen molar-refractivity contribution in [3.05, 3.63) is 24.0 Å². The van der Waals surface area contributed by atoms with Gasteiger partial charge in [-0.1, -0.05) is 5.57 Å². The standard InChI is InChI=1S/C10H16O/c1-9(2)7-8-11-10-5-3-4-6-10/h5H,1,3-4,6-8H2,2H3. The van der Waals surface area contributed by atoms with Gasteiger partial charge in [-0.2, -0.15) is 0 Å². The maximum Gasteiger partial charge on any atom is 0.0920 e. The Bertz CT molecular complexity index is 168. The van der Waals surface area contributed by atoms with E-state index in [2.05, 4.69) is 12.7 Å². The molecule has 0 aromatic rings. The third-order valence-corrected chi connectivity index (χ3v) is 1.82. The van der Waals surface area contributed by atoms with E-state index in [9.17, 15) is 0 Å². The van der Waals surface area contributed by atoms with Crippen molar-refractivity contribution in [2.75, 3.05) is 6.61 Å². The number of hydrogen-bond acceptors (Lipinski definition) is 1. The molecule has 0 bridgehead atoms. The van der Waals surface area contributed by atoms with Gasteiger partial charge in [0.15, 0.2) is 0 Å². The molecular formula is C10H16O. The zero-order valence-electron chi connectivity index (χ0n) is 7.23. The SMILES string of the molecule is C=C(C)CCOC1=CCCC1. The maximum atomic E-state index is 5.51. The van der Waals surface area contributed by atoms with Gasteiger partial charge in [-0.25, -0.2) is 0 Å². The first kappa shape index (κ1) is 8.38. The fourth-order valence-electron chi connectivity index (χ4n) is 1.13. The molecule has 0 fully saturated rings. The summed E-state index contributed by atoms with van der Waals surface area (Å²) in [6.45, 7) is 6.66. The summed E-state index contributed by atoms with van der Waals surface area (Å²) in [5.41, 5.74) is 1.20. The zero-order chi connectivity index (χ0) is 8.10. The number of allylic oxidation sites excluding steroid dienone is 2. The molecule has 0 spiro atoms. The summed E-state index contributed by atoms with van der Waals surface area (Å²) >= 11 is 0. The van der Waals surface area contributed by atoms with Crippen LogP contribution in [0.15, 0.2) is 24.0 Å². The molecule has 1 nitrogen and oxygen atoms in total. The number of ether oxygens (including phenoxy) is 1. The molecule has 0 unspecified atom stereocenters. The summed E-state index contributed by atoms with van der Waals surface area (Å²) in [7, 11) is 0. The van der Waals surface area contributed by atoms with E-state index in [4.69, 9.17) is 4.74 Å². The largest absolute Gasteiger partial charge is 0.498 e. The summed E-state index contributed by atoms with van der Waals surface area (Å²) in [6, 6.07) is 0. The first-order valence-electron chi connectivity index (χ1n) is 4.25. The molecule has 0 saturated heterocycles. The van der Waals surface area contributed by atoms with Gasteiger partial charge in [-0.3, -0.25) is 0 Å². The summed E-state index contributed by atoms with van der Waals surface area (Å²) in [4.78, 5) is 0. The Kier molecular flexibility index (Phi) is 3.21. The Labute approximate surface area is 68.8 Å². The highest BCUT2D eigenvalue weighted by Gasteiger charge is 2.04. The molecule has 1 heteroatoms. The number of hydrogen-bond donors (Lipinski definition) is 0. The van der Waals surface area contributed by atoms with Crippen LogP contribution in [0.4, 0.5) is 0 Å². The minimum Gasteiger partial charge on any atom is -0.498 e. The van der Waals surface area contributed by atoms with Crippen LogP contribution in [0, 0.1) is 0 Å². The lowest BCUT2D eigenvalue weighted by atomic mass is 10.3. The summed E-state index contributed by atoms with van der Waals surface area (Å²) in [6.07, 6.45) is 6.77. The van der Waals surface area contributed by atoms with Gasteiger partial charge in [0.1, 0.15) is 0 Å². The van der Waals surface area contributed by atoms with Crippen molar-refractivity contribution in [2.45, 2.75) is 32.6 Å². The van der Waals surface area contributed by atoms with Crippen LogP contribution in [-0.4, -0.2) is 6.61 Å². The minimum absolute atomic E-state index is 0.807. The molecule has 0 saturated carbocycles. The van der Waals surface area contributed by atoms with E-state index >= 15 is 0 Å². The Balaban J connectivity index is 2.07. The summed E-state index contributed by atoms with van der Waals surface area (Å²) < 4.78 is 5.51. The maximum absolute atomic E-state index is 5.51. The quantitative estimate of drug-likeness (QED) is 0.562. The van der Waals surface area contributed by atoms with Gasteiger partial charge in [0.05, 0.1) is 12.4 Å². The van der Waals surface area contributed by atoms with Gasteiger partial charge in [-0.15, -0.1) is 6.58 Å². The second kappa shape index (κ2) is 4.22. The van der Waals surface area contributed by atoms with Crippen LogP contribution in [0.2, 0.25) is 0 Å². The van der Waals surface area contributed by atoms with E-state index < -0.39 is 0 Å². The average molecular weight is 152 g/mol. The van der Waals surface area contributed by atoms with Gasteiger partial charge in [0.25, 0.3) is 0 Å². The summed E-state index contributed by atoms with van der Waals surface area (Å²) in [5.74, 6) is 1.19. The predicted octanol–water partition coefficient (Wildman–Crippen LogP) is 3.04. The first-order chi connectivity index (χ1) is 5.29. The smallest absolute Gasteiger partial charge is 0.0920 e. The molecular weight excluding hydrogens is 136 g/mol.